The van der Waals surface area contributed by atoms with Gasteiger partial charge in [-0.25, -0.2) is 4.98 Å². The van der Waals surface area contributed by atoms with Crippen molar-refractivity contribution in [3.63, 3.8) is 0 Å². The third-order valence-corrected chi connectivity index (χ3v) is 5.24. The van der Waals surface area contributed by atoms with Crippen molar-refractivity contribution in [1.29, 1.82) is 0 Å². The van der Waals surface area contributed by atoms with Gasteiger partial charge in [0.2, 0.25) is 0 Å². The van der Waals surface area contributed by atoms with Crippen molar-refractivity contribution in [2.45, 2.75) is 57.3 Å². The predicted molar refractivity (Wildman–Crippen MR) is 85.5 cm³/mol. The normalized spacial score (nSPS) is 29.7. The molecule has 114 valence electrons. The summed E-state index contributed by atoms with van der Waals surface area (Å²) in [5, 5.41) is 3.64. The van der Waals surface area contributed by atoms with Gasteiger partial charge in [0.15, 0.2) is 0 Å². The average Bonchev–Trinajstić information content (AvgIpc) is 3.22. The molecular formula is C17H26N4. The summed E-state index contributed by atoms with van der Waals surface area (Å²) in [5.74, 6) is 1.21. The number of hydrogen-bond acceptors (Lipinski definition) is 4. The number of nitrogens with zero attached hydrogens (tertiary/aromatic N) is 3. The Labute approximate surface area is 127 Å². The molecular weight excluding hydrogens is 260 g/mol. The van der Waals surface area contributed by atoms with Crippen LogP contribution in [-0.2, 0) is 6.54 Å². The number of anilines is 1. The second kappa shape index (κ2) is 5.58. The fourth-order valence-corrected chi connectivity index (χ4v) is 3.85. The van der Waals surface area contributed by atoms with E-state index >= 15 is 0 Å². The van der Waals surface area contributed by atoms with Crippen molar-refractivity contribution in [2.75, 3.05) is 24.5 Å². The molecule has 1 aromatic rings. The van der Waals surface area contributed by atoms with Crippen LogP contribution in [0.1, 0.15) is 38.2 Å². The maximum absolute atomic E-state index is 4.73. The minimum Gasteiger partial charge on any atom is -0.351 e. The van der Waals surface area contributed by atoms with Gasteiger partial charge in [-0.05, 0) is 45.2 Å². The highest BCUT2D eigenvalue weighted by Gasteiger charge is 2.35. The molecule has 2 saturated heterocycles. The monoisotopic (exact) mass is 286 g/mol. The minimum absolute atomic E-state index is 0.564. The molecule has 0 spiro atoms. The molecule has 0 aromatic carbocycles. The first-order valence-electron chi connectivity index (χ1n) is 8.49. The van der Waals surface area contributed by atoms with E-state index in [1.54, 1.807) is 0 Å². The van der Waals surface area contributed by atoms with Crippen molar-refractivity contribution in [3.05, 3.63) is 23.9 Å². The van der Waals surface area contributed by atoms with E-state index in [2.05, 4.69) is 34.2 Å². The third kappa shape index (κ3) is 2.79. The van der Waals surface area contributed by atoms with E-state index in [0.29, 0.717) is 6.04 Å². The second-order valence-electron chi connectivity index (χ2n) is 6.93. The van der Waals surface area contributed by atoms with Crippen molar-refractivity contribution < 1.29 is 0 Å². The molecule has 1 aromatic heterocycles. The first-order chi connectivity index (χ1) is 10.3. The zero-order chi connectivity index (χ0) is 14.2. The Bertz CT molecular complexity index is 499. The van der Waals surface area contributed by atoms with Crippen LogP contribution in [0.3, 0.4) is 0 Å². The molecule has 4 nitrogen and oxygen atoms in total. The Morgan fingerprint density at radius 2 is 2.19 bits per heavy atom. The first kappa shape index (κ1) is 13.5. The molecule has 3 fully saturated rings. The van der Waals surface area contributed by atoms with E-state index < -0.39 is 0 Å². The van der Waals surface area contributed by atoms with Gasteiger partial charge < -0.3 is 10.2 Å². The molecule has 0 bridgehead atoms. The highest BCUT2D eigenvalue weighted by molar-refractivity contribution is 5.48. The van der Waals surface area contributed by atoms with Crippen molar-refractivity contribution in [1.82, 2.24) is 15.2 Å². The van der Waals surface area contributed by atoms with Gasteiger partial charge in [0.1, 0.15) is 5.82 Å². The van der Waals surface area contributed by atoms with E-state index in [1.165, 1.54) is 50.2 Å². The molecule has 4 heteroatoms. The van der Waals surface area contributed by atoms with Gasteiger partial charge in [0.05, 0.1) is 0 Å². The molecule has 1 saturated carbocycles. The predicted octanol–water partition coefficient (Wildman–Crippen LogP) is 2.01. The first-order valence-corrected chi connectivity index (χ1v) is 8.49. The van der Waals surface area contributed by atoms with Crippen LogP contribution >= 0.6 is 0 Å². The molecule has 1 aliphatic carbocycles. The fraction of sp³-hybridized carbons (Fsp3) is 0.706. The van der Waals surface area contributed by atoms with Gasteiger partial charge in [0, 0.05) is 49.5 Å². The molecule has 3 heterocycles. The molecule has 4 rings (SSSR count). The molecule has 2 aliphatic heterocycles. The Morgan fingerprint density at radius 3 is 3.05 bits per heavy atom. The van der Waals surface area contributed by atoms with Gasteiger partial charge in [-0.2, -0.15) is 0 Å². The average molecular weight is 286 g/mol. The molecule has 0 amide bonds. The zero-order valence-electron chi connectivity index (χ0n) is 13.0. The van der Waals surface area contributed by atoms with E-state index in [4.69, 9.17) is 4.98 Å². The number of nitrogens with one attached hydrogen (secondary N) is 1. The second-order valence-corrected chi connectivity index (χ2v) is 6.93. The largest absolute Gasteiger partial charge is 0.351 e. The molecule has 1 N–H and O–H groups in total. The van der Waals surface area contributed by atoms with E-state index in [0.717, 1.165) is 25.2 Å². The van der Waals surface area contributed by atoms with E-state index in [1.807, 2.05) is 6.20 Å². The maximum Gasteiger partial charge on any atom is 0.133 e. The van der Waals surface area contributed by atoms with E-state index in [-0.39, 0.29) is 0 Å². The quantitative estimate of drug-likeness (QED) is 0.917. The summed E-state index contributed by atoms with van der Waals surface area (Å²) in [5.41, 5.74) is 1.36. The Balaban J connectivity index is 1.53. The number of hydrogen-bond donors (Lipinski definition) is 1. The van der Waals surface area contributed by atoms with Gasteiger partial charge in [-0.15, -0.1) is 0 Å². The molecule has 3 aliphatic rings. The summed E-state index contributed by atoms with van der Waals surface area (Å²) in [4.78, 5) is 9.96. The Kier molecular flexibility index (Phi) is 3.59. The maximum atomic E-state index is 4.73. The van der Waals surface area contributed by atoms with Crippen molar-refractivity contribution in [2.24, 2.45) is 0 Å². The van der Waals surface area contributed by atoms with Crippen LogP contribution in [0.15, 0.2) is 18.3 Å². The van der Waals surface area contributed by atoms with Crippen molar-refractivity contribution in [3.8, 4) is 0 Å². The highest BCUT2D eigenvalue weighted by Crippen LogP contribution is 2.29. The zero-order valence-corrected chi connectivity index (χ0v) is 13.0. The topological polar surface area (TPSA) is 31.4 Å². The Morgan fingerprint density at radius 1 is 1.29 bits per heavy atom. The number of aromatic nitrogens is 1. The third-order valence-electron chi connectivity index (χ3n) is 5.24. The van der Waals surface area contributed by atoms with Crippen LogP contribution in [0.25, 0.3) is 0 Å². The number of fused-ring (bicyclic) bond motifs is 1. The lowest BCUT2D eigenvalue weighted by atomic mass is 10.1. The highest BCUT2D eigenvalue weighted by atomic mass is 15.3. The van der Waals surface area contributed by atoms with Crippen molar-refractivity contribution >= 4 is 5.82 Å². The summed E-state index contributed by atoms with van der Waals surface area (Å²) < 4.78 is 0. The van der Waals surface area contributed by atoms with Crippen LogP contribution in [0.2, 0.25) is 0 Å². The standard InChI is InChI=1S/C17H26N4/c1-13-11-20-9-3-5-16(20)12-21(13)17-14(4-2-8-18-17)10-19-15-6-7-15/h2,4,8,13,15-16,19H,3,5-7,9-12H2,1H3. The van der Waals surface area contributed by atoms with Crippen LogP contribution < -0.4 is 10.2 Å². The molecule has 2 unspecified atom stereocenters. The summed E-state index contributed by atoms with van der Waals surface area (Å²) >= 11 is 0. The minimum atomic E-state index is 0.564. The summed E-state index contributed by atoms with van der Waals surface area (Å²) in [6, 6.07) is 6.37. The lowest BCUT2D eigenvalue weighted by molar-refractivity contribution is 0.202. The smallest absolute Gasteiger partial charge is 0.133 e. The van der Waals surface area contributed by atoms with Gasteiger partial charge in [0.25, 0.3) is 0 Å². The van der Waals surface area contributed by atoms with Gasteiger partial charge in [-0.3, -0.25) is 4.90 Å². The summed E-state index contributed by atoms with van der Waals surface area (Å²) in [6.45, 7) is 6.94. The van der Waals surface area contributed by atoms with Gasteiger partial charge in [-0.1, -0.05) is 6.07 Å². The van der Waals surface area contributed by atoms with E-state index in [9.17, 15) is 0 Å². The number of rotatable bonds is 4. The Hall–Kier alpha value is -1.13. The SMILES string of the molecule is CC1CN2CCCC2CN1c1ncccc1CNC1CC1. The van der Waals surface area contributed by atoms with Crippen LogP contribution in [0.5, 0.6) is 0 Å². The lowest BCUT2D eigenvalue weighted by Gasteiger charge is -2.43. The van der Waals surface area contributed by atoms with Crippen LogP contribution in [0, 0.1) is 0 Å². The summed E-state index contributed by atoms with van der Waals surface area (Å²) in [6.07, 6.45) is 7.35. The molecule has 21 heavy (non-hydrogen) atoms. The van der Waals surface area contributed by atoms with Gasteiger partial charge >= 0.3 is 0 Å². The number of piperazine rings is 1. The fourth-order valence-electron chi connectivity index (χ4n) is 3.85. The molecule has 2 atom stereocenters. The molecule has 0 radical (unpaired) electrons. The van der Waals surface area contributed by atoms with Crippen LogP contribution in [-0.4, -0.2) is 47.6 Å². The lowest BCUT2D eigenvalue weighted by Crippen LogP contribution is -2.55. The summed E-state index contributed by atoms with van der Waals surface area (Å²) in [7, 11) is 0. The number of pyridine rings is 1. The van der Waals surface area contributed by atoms with Crippen LogP contribution in [0.4, 0.5) is 5.82 Å².